The van der Waals surface area contributed by atoms with Crippen molar-refractivity contribution in [1.29, 1.82) is 0 Å². The smallest absolute Gasteiger partial charge is 0.308 e. The van der Waals surface area contributed by atoms with Crippen LogP contribution in [0.4, 0.5) is 25.1 Å². The molecule has 1 aromatic heterocycles. The Morgan fingerprint density at radius 1 is 1.11 bits per heavy atom. The fraction of sp³-hybridized carbons (Fsp3) is 0.259. The summed E-state index contributed by atoms with van der Waals surface area (Å²) in [6.45, 7) is 1.62. The van der Waals surface area contributed by atoms with Gasteiger partial charge in [-0.1, -0.05) is 30.0 Å². The first-order chi connectivity index (χ1) is 17.7. The molecule has 10 heteroatoms. The predicted octanol–water partition coefficient (Wildman–Crippen LogP) is 3.35. The van der Waals surface area contributed by atoms with Crippen molar-refractivity contribution in [3.8, 4) is 11.8 Å². The maximum Gasteiger partial charge on any atom is 0.325 e. The van der Waals surface area contributed by atoms with Gasteiger partial charge < -0.3 is 9.69 Å². The maximum atomic E-state index is 15.1. The third kappa shape index (κ3) is 4.80. The molecule has 2 heterocycles. The number of carbonyl (C=O) groups excluding carboxylic acids is 3. The van der Waals surface area contributed by atoms with Gasteiger partial charge in [-0.2, -0.15) is 5.10 Å². The van der Waals surface area contributed by atoms with Gasteiger partial charge in [0.1, 0.15) is 23.3 Å². The van der Waals surface area contributed by atoms with E-state index in [-0.39, 0.29) is 25.1 Å². The summed E-state index contributed by atoms with van der Waals surface area (Å²) >= 11 is 0. The molecule has 37 heavy (non-hydrogen) atoms. The predicted molar refractivity (Wildman–Crippen MR) is 134 cm³/mol. The number of halogens is 2. The lowest BCUT2D eigenvalue weighted by atomic mass is 9.91. The molecule has 1 aliphatic rings. The van der Waals surface area contributed by atoms with Gasteiger partial charge >= 0.3 is 6.03 Å². The summed E-state index contributed by atoms with van der Waals surface area (Å²) in [5.41, 5.74) is -1.35. The van der Waals surface area contributed by atoms with E-state index in [4.69, 9.17) is 0 Å². The molecule has 3 amide bonds. The Morgan fingerprint density at radius 2 is 1.76 bits per heavy atom. The molecular weight excluding hydrogens is 480 g/mol. The Morgan fingerprint density at radius 3 is 2.35 bits per heavy atom. The molecule has 0 aliphatic carbocycles. The Bertz CT molecular complexity index is 1390. The number of nitrogens with zero attached hydrogens (tertiary/aromatic N) is 5. The Hall–Kier alpha value is -4.52. The molecule has 0 bridgehead atoms. The van der Waals surface area contributed by atoms with Crippen molar-refractivity contribution in [2.24, 2.45) is 7.05 Å². The number of aromatic nitrogens is 2. The van der Waals surface area contributed by atoms with Crippen LogP contribution in [-0.4, -0.2) is 58.6 Å². The normalized spacial score (nSPS) is 17.3. The van der Waals surface area contributed by atoms with Gasteiger partial charge in [-0.05, 0) is 31.2 Å². The first-order valence-corrected chi connectivity index (χ1v) is 11.5. The highest BCUT2D eigenvalue weighted by Gasteiger charge is 2.49. The van der Waals surface area contributed by atoms with Crippen LogP contribution < -0.4 is 9.80 Å². The molecule has 1 fully saturated rings. The average Bonchev–Trinajstić information content (AvgIpc) is 3.30. The zero-order chi connectivity index (χ0) is 26.7. The summed E-state index contributed by atoms with van der Waals surface area (Å²) in [7, 11) is 2.89. The third-order valence-corrected chi connectivity index (χ3v) is 6.40. The van der Waals surface area contributed by atoms with Gasteiger partial charge in [-0.15, -0.1) is 0 Å². The van der Waals surface area contributed by atoms with E-state index in [0.29, 0.717) is 17.7 Å². The molecule has 3 aromatic rings. The molecule has 1 saturated heterocycles. The average molecular weight is 506 g/mol. The Labute approximate surface area is 213 Å². The highest BCUT2D eigenvalue weighted by atomic mass is 19.1. The van der Waals surface area contributed by atoms with Crippen LogP contribution in [0, 0.1) is 23.5 Å². The van der Waals surface area contributed by atoms with E-state index < -0.39 is 34.8 Å². The van der Waals surface area contributed by atoms with E-state index >= 15 is 8.78 Å². The zero-order valence-corrected chi connectivity index (χ0v) is 20.6. The molecule has 1 aliphatic heterocycles. The van der Waals surface area contributed by atoms with Crippen LogP contribution >= 0.6 is 0 Å². The van der Waals surface area contributed by atoms with Crippen molar-refractivity contribution in [1.82, 2.24) is 14.7 Å². The van der Waals surface area contributed by atoms with E-state index in [1.54, 1.807) is 37.4 Å². The van der Waals surface area contributed by atoms with Crippen LogP contribution in [-0.2, 0) is 16.6 Å². The second-order valence-corrected chi connectivity index (χ2v) is 8.81. The highest BCUT2D eigenvalue weighted by molar-refractivity contribution is 6.05. The number of amides is 3. The number of anilines is 2. The largest absolute Gasteiger partial charge is 0.325 e. The quantitative estimate of drug-likeness (QED) is 0.403. The number of rotatable bonds is 4. The van der Waals surface area contributed by atoms with Crippen molar-refractivity contribution in [2.75, 3.05) is 29.9 Å². The third-order valence-electron chi connectivity index (χ3n) is 6.40. The summed E-state index contributed by atoms with van der Waals surface area (Å²) in [6, 6.07) is 11.9. The summed E-state index contributed by atoms with van der Waals surface area (Å²) in [5.74, 6) is 3.60. The lowest BCUT2D eigenvalue weighted by Gasteiger charge is -2.47. The first kappa shape index (κ1) is 25.6. The highest BCUT2D eigenvalue weighted by Crippen LogP contribution is 2.32. The number of aryl methyl sites for hydroxylation is 1. The second kappa shape index (κ2) is 10.2. The van der Waals surface area contributed by atoms with E-state index in [0.717, 1.165) is 17.0 Å². The molecule has 4 rings (SSSR count). The molecule has 8 nitrogen and oxygen atoms in total. The lowest BCUT2D eigenvalue weighted by molar-refractivity contribution is -0.133. The van der Waals surface area contributed by atoms with E-state index in [9.17, 15) is 14.4 Å². The van der Waals surface area contributed by atoms with Gasteiger partial charge in [0.25, 0.3) is 5.91 Å². The molecule has 1 unspecified atom stereocenters. The first-order valence-electron chi connectivity index (χ1n) is 11.5. The van der Waals surface area contributed by atoms with Crippen LogP contribution in [0.2, 0.25) is 0 Å². The summed E-state index contributed by atoms with van der Waals surface area (Å²) in [4.78, 5) is 41.9. The number of urea groups is 1. The second-order valence-electron chi connectivity index (χ2n) is 8.81. The van der Waals surface area contributed by atoms with Crippen molar-refractivity contribution >= 4 is 29.7 Å². The van der Waals surface area contributed by atoms with Gasteiger partial charge in [-0.3, -0.25) is 19.3 Å². The van der Waals surface area contributed by atoms with Crippen molar-refractivity contribution in [3.05, 3.63) is 77.5 Å². The number of piperazine rings is 1. The summed E-state index contributed by atoms with van der Waals surface area (Å²) in [6.07, 6.45) is 1.79. The lowest BCUT2D eigenvalue weighted by Crippen LogP contribution is -2.68. The van der Waals surface area contributed by atoms with Gasteiger partial charge in [0, 0.05) is 50.8 Å². The number of carbonyl (C=O) groups is 3. The summed E-state index contributed by atoms with van der Waals surface area (Å²) < 4.78 is 31.6. The van der Waals surface area contributed by atoms with Crippen molar-refractivity contribution in [3.63, 3.8) is 0 Å². The van der Waals surface area contributed by atoms with Gasteiger partial charge in [0.15, 0.2) is 11.6 Å². The van der Waals surface area contributed by atoms with Gasteiger partial charge in [0.2, 0.25) is 0 Å². The maximum absolute atomic E-state index is 15.1. The van der Waals surface area contributed by atoms with Crippen LogP contribution in [0.5, 0.6) is 0 Å². The SMILES string of the molecule is CN(C(=O)N1CCN(c2ccnn2C)C(=O)C1(C)CC=O)c1c(F)cc(C#Cc2ccccc2)cc1F. The van der Waals surface area contributed by atoms with E-state index in [1.165, 1.54) is 34.6 Å². The number of benzene rings is 2. The summed E-state index contributed by atoms with van der Waals surface area (Å²) in [5, 5.41) is 4.07. The molecule has 0 N–H and O–H groups in total. The standard InChI is InChI=1S/C27H25F2N5O3/c1-27(12-16-35)25(36)33(23-11-13-30-32(23)3)14-15-34(27)26(37)31(2)24-21(28)17-20(18-22(24)29)10-9-19-7-5-4-6-8-19/h4-8,11,13,16-18H,12,14-15H2,1-3H3. The molecule has 0 saturated carbocycles. The van der Waals surface area contributed by atoms with E-state index in [1.807, 2.05) is 6.07 Å². The number of hydrogen-bond acceptors (Lipinski definition) is 4. The number of hydrogen-bond donors (Lipinski definition) is 0. The zero-order valence-electron chi connectivity index (χ0n) is 20.6. The van der Waals surface area contributed by atoms with Gasteiger partial charge in [0.05, 0.1) is 6.20 Å². The Kier molecular flexibility index (Phi) is 7.07. The van der Waals surface area contributed by atoms with Crippen LogP contribution in [0.1, 0.15) is 24.5 Å². The minimum absolute atomic E-state index is 0.0360. The van der Waals surface area contributed by atoms with Crippen molar-refractivity contribution in [2.45, 2.75) is 18.9 Å². The molecule has 190 valence electrons. The molecule has 0 radical (unpaired) electrons. The van der Waals surface area contributed by atoms with Crippen LogP contribution in [0.3, 0.4) is 0 Å². The Balaban J connectivity index is 1.62. The monoisotopic (exact) mass is 505 g/mol. The van der Waals surface area contributed by atoms with E-state index in [2.05, 4.69) is 16.9 Å². The molecule has 0 spiro atoms. The van der Waals surface area contributed by atoms with Crippen LogP contribution in [0.15, 0.2) is 54.7 Å². The van der Waals surface area contributed by atoms with Crippen molar-refractivity contribution < 1.29 is 23.2 Å². The number of aldehydes is 1. The topological polar surface area (TPSA) is 78.8 Å². The van der Waals surface area contributed by atoms with Crippen LogP contribution in [0.25, 0.3) is 0 Å². The molecular formula is C27H25F2N5O3. The van der Waals surface area contributed by atoms with Gasteiger partial charge in [-0.25, -0.2) is 13.6 Å². The molecule has 2 aromatic carbocycles. The fourth-order valence-electron chi connectivity index (χ4n) is 4.37. The minimum Gasteiger partial charge on any atom is -0.308 e. The minimum atomic E-state index is -1.57. The fourth-order valence-corrected chi connectivity index (χ4v) is 4.37. The molecule has 1 atom stereocenters.